The van der Waals surface area contributed by atoms with Gasteiger partial charge in [-0.05, 0) is 17.9 Å². The van der Waals surface area contributed by atoms with Crippen molar-refractivity contribution >= 4 is 11.6 Å². The quantitative estimate of drug-likeness (QED) is 0.930. The number of halogens is 2. The van der Waals surface area contributed by atoms with Crippen LogP contribution in [0.5, 0.6) is 0 Å². The first-order valence-electron chi connectivity index (χ1n) is 8.18. The molecule has 3 nitrogen and oxygen atoms in total. The minimum atomic E-state index is -2.73. The van der Waals surface area contributed by atoms with Crippen molar-refractivity contribution in [2.24, 2.45) is 5.92 Å². The van der Waals surface area contributed by atoms with Crippen molar-refractivity contribution in [2.75, 3.05) is 6.54 Å². The van der Waals surface area contributed by atoms with Gasteiger partial charge in [0.1, 0.15) is 5.78 Å². The largest absolute Gasteiger partial charge is 0.307 e. The summed E-state index contributed by atoms with van der Waals surface area (Å²) in [6.07, 6.45) is 0.251. The number of piperidine rings is 1. The first-order valence-corrected chi connectivity index (χ1v) is 8.18. The van der Waals surface area contributed by atoms with E-state index in [0.29, 0.717) is 13.0 Å². The number of rotatable bonds is 3. The molecule has 0 bridgehead atoms. The molecule has 0 amide bonds. The summed E-state index contributed by atoms with van der Waals surface area (Å²) >= 11 is 0. The van der Waals surface area contributed by atoms with Crippen LogP contribution in [0.1, 0.15) is 43.6 Å². The van der Waals surface area contributed by atoms with Gasteiger partial charge in [-0.1, -0.05) is 30.3 Å². The monoisotopic (exact) mass is 321 g/mol. The Morgan fingerprint density at radius 2 is 1.96 bits per heavy atom. The van der Waals surface area contributed by atoms with Gasteiger partial charge in [0.15, 0.2) is 5.78 Å². The lowest BCUT2D eigenvalue weighted by molar-refractivity contribution is -0.134. The molecule has 1 unspecified atom stereocenters. The van der Waals surface area contributed by atoms with E-state index < -0.39 is 23.8 Å². The summed E-state index contributed by atoms with van der Waals surface area (Å²) in [6.45, 7) is 0.494. The fourth-order valence-corrected chi connectivity index (χ4v) is 3.77. The van der Waals surface area contributed by atoms with Crippen LogP contribution in [0.2, 0.25) is 0 Å². The van der Waals surface area contributed by atoms with Gasteiger partial charge < -0.3 is 5.32 Å². The lowest BCUT2D eigenvalue weighted by atomic mass is 9.70. The molecule has 1 aromatic carbocycles. The Kier molecular flexibility index (Phi) is 4.57. The smallest absolute Gasteiger partial charge is 0.248 e. The highest BCUT2D eigenvalue weighted by atomic mass is 19.3. The van der Waals surface area contributed by atoms with E-state index in [0.717, 1.165) is 5.56 Å². The Hall–Kier alpha value is -1.62. The molecule has 124 valence electrons. The predicted octanol–water partition coefficient (Wildman–Crippen LogP) is 3.10. The Morgan fingerprint density at radius 1 is 1.22 bits per heavy atom. The number of nitrogens with one attached hydrogen (secondary N) is 1. The summed E-state index contributed by atoms with van der Waals surface area (Å²) in [5, 5.41) is 3.08. The number of ketones is 2. The van der Waals surface area contributed by atoms with Gasteiger partial charge >= 0.3 is 0 Å². The molecule has 2 aliphatic rings. The zero-order chi connectivity index (χ0) is 16.4. The predicted molar refractivity (Wildman–Crippen MR) is 82.5 cm³/mol. The van der Waals surface area contributed by atoms with E-state index in [-0.39, 0.29) is 37.2 Å². The number of carbonyl (C=O) groups excluding carboxylic acids is 2. The van der Waals surface area contributed by atoms with E-state index >= 15 is 0 Å². The summed E-state index contributed by atoms with van der Waals surface area (Å²) in [6, 6.07) is 8.57. The molecule has 0 radical (unpaired) electrons. The summed E-state index contributed by atoms with van der Waals surface area (Å²) < 4.78 is 27.8. The second-order valence-corrected chi connectivity index (χ2v) is 6.62. The molecule has 1 aliphatic carbocycles. The van der Waals surface area contributed by atoms with E-state index in [4.69, 9.17) is 0 Å². The Labute approximate surface area is 134 Å². The van der Waals surface area contributed by atoms with E-state index in [1.54, 1.807) is 0 Å². The van der Waals surface area contributed by atoms with E-state index in [2.05, 4.69) is 5.32 Å². The molecule has 5 heteroatoms. The molecule has 2 fully saturated rings. The molecule has 1 saturated heterocycles. The van der Waals surface area contributed by atoms with Gasteiger partial charge in [0, 0.05) is 38.1 Å². The maximum Gasteiger partial charge on any atom is 0.248 e. The lowest BCUT2D eigenvalue weighted by Crippen LogP contribution is -2.48. The van der Waals surface area contributed by atoms with Crippen LogP contribution in [-0.2, 0) is 9.59 Å². The minimum Gasteiger partial charge on any atom is -0.307 e. The molecule has 1 saturated carbocycles. The van der Waals surface area contributed by atoms with Crippen molar-refractivity contribution in [3.05, 3.63) is 35.9 Å². The fraction of sp³-hybridized carbons (Fsp3) is 0.556. The van der Waals surface area contributed by atoms with Crippen LogP contribution in [-0.4, -0.2) is 30.1 Å². The summed E-state index contributed by atoms with van der Waals surface area (Å²) in [5.74, 6) is -3.67. The van der Waals surface area contributed by atoms with Crippen LogP contribution in [0.4, 0.5) is 8.78 Å². The topological polar surface area (TPSA) is 46.2 Å². The molecular formula is C18H21F2NO2. The van der Waals surface area contributed by atoms with Crippen LogP contribution in [0, 0.1) is 5.92 Å². The molecule has 1 aromatic rings. The van der Waals surface area contributed by atoms with Gasteiger partial charge in [-0.2, -0.15) is 0 Å². The Bertz CT molecular complexity index is 588. The van der Waals surface area contributed by atoms with Gasteiger partial charge in [-0.25, -0.2) is 8.78 Å². The summed E-state index contributed by atoms with van der Waals surface area (Å²) in [4.78, 5) is 24.4. The highest BCUT2D eigenvalue weighted by molar-refractivity contribution is 5.93. The van der Waals surface area contributed by atoms with Gasteiger partial charge in [0.05, 0.1) is 6.04 Å². The van der Waals surface area contributed by atoms with Crippen molar-refractivity contribution in [1.82, 2.24) is 5.32 Å². The third-order valence-corrected chi connectivity index (χ3v) is 4.99. The Morgan fingerprint density at radius 3 is 2.65 bits per heavy atom. The molecule has 3 rings (SSSR count). The molecule has 1 N–H and O–H groups in total. The third-order valence-electron chi connectivity index (χ3n) is 4.99. The average molecular weight is 321 g/mol. The van der Waals surface area contributed by atoms with Crippen molar-refractivity contribution in [1.29, 1.82) is 0 Å². The molecular weight excluding hydrogens is 300 g/mol. The van der Waals surface area contributed by atoms with Crippen LogP contribution < -0.4 is 5.32 Å². The normalized spacial score (nSPS) is 30.9. The molecule has 0 spiro atoms. The van der Waals surface area contributed by atoms with Crippen molar-refractivity contribution < 1.29 is 18.4 Å². The second-order valence-electron chi connectivity index (χ2n) is 6.62. The molecule has 3 atom stereocenters. The number of hydrogen-bond acceptors (Lipinski definition) is 3. The van der Waals surface area contributed by atoms with Gasteiger partial charge in [-0.3, -0.25) is 9.59 Å². The molecule has 1 aliphatic heterocycles. The van der Waals surface area contributed by atoms with Crippen LogP contribution in [0.25, 0.3) is 0 Å². The molecule has 23 heavy (non-hydrogen) atoms. The van der Waals surface area contributed by atoms with E-state index in [9.17, 15) is 18.4 Å². The highest BCUT2D eigenvalue weighted by Crippen LogP contribution is 2.46. The van der Waals surface area contributed by atoms with Crippen LogP contribution in [0.15, 0.2) is 30.3 Å². The zero-order valence-corrected chi connectivity index (χ0v) is 12.9. The van der Waals surface area contributed by atoms with E-state index in [1.165, 1.54) is 0 Å². The number of benzene rings is 1. The molecule has 0 aromatic heterocycles. The number of alkyl halides is 2. The standard InChI is InChI=1S/C18H21F2NO2/c19-18(20)8-6-14(15(11-18)12-4-2-1-3-5-12)17(23)16-10-13(22)7-9-21-16/h1-5,14-16,21H,6-11H2/t14-,15+,16?/m1/s1. The molecule has 1 heterocycles. The first-order chi connectivity index (χ1) is 11.0. The van der Waals surface area contributed by atoms with Gasteiger partial charge in [0.25, 0.3) is 0 Å². The zero-order valence-electron chi connectivity index (χ0n) is 12.9. The number of hydrogen-bond donors (Lipinski definition) is 1. The van der Waals surface area contributed by atoms with Crippen LogP contribution >= 0.6 is 0 Å². The summed E-state index contributed by atoms with van der Waals surface area (Å²) in [5.41, 5.74) is 0.785. The minimum absolute atomic E-state index is 0.0690. The lowest BCUT2D eigenvalue weighted by Gasteiger charge is -2.37. The Balaban J connectivity index is 1.83. The second kappa shape index (κ2) is 6.48. The highest BCUT2D eigenvalue weighted by Gasteiger charge is 2.46. The maximum atomic E-state index is 13.9. The maximum absolute atomic E-state index is 13.9. The number of carbonyl (C=O) groups is 2. The number of Topliss-reactive ketones (excluding diaryl/α,β-unsaturated/α-hetero) is 2. The summed E-state index contributed by atoms with van der Waals surface area (Å²) in [7, 11) is 0. The van der Waals surface area contributed by atoms with Crippen LogP contribution in [0.3, 0.4) is 0 Å². The fourth-order valence-electron chi connectivity index (χ4n) is 3.77. The average Bonchev–Trinajstić information content (AvgIpc) is 2.54. The van der Waals surface area contributed by atoms with Crippen molar-refractivity contribution in [2.45, 2.75) is 50.0 Å². The van der Waals surface area contributed by atoms with Gasteiger partial charge in [0.2, 0.25) is 5.92 Å². The van der Waals surface area contributed by atoms with Crippen molar-refractivity contribution in [3.63, 3.8) is 0 Å². The van der Waals surface area contributed by atoms with Crippen molar-refractivity contribution in [3.8, 4) is 0 Å². The SMILES string of the molecule is O=C1CCNC(C(=O)[C@@H]2CCC(F)(F)C[C@H]2c2ccccc2)C1. The third kappa shape index (κ3) is 3.66. The van der Waals surface area contributed by atoms with E-state index in [1.807, 2.05) is 30.3 Å². The first kappa shape index (κ1) is 16.2. The van der Waals surface area contributed by atoms with Gasteiger partial charge in [-0.15, -0.1) is 0 Å².